The SMILES string of the molecule is CN(C(=O)C(F)(F)F)c1ccc(O)cc1OC[C@H](O)CN1CCC2(CC1)Cc1cc(Cl)ccc1O2. The Morgan fingerprint density at radius 2 is 1.97 bits per heavy atom. The fraction of sp³-hybridized carbons (Fsp3) is 0.458. The number of likely N-dealkylation sites (tertiary alicyclic amines) is 1. The van der Waals surface area contributed by atoms with Crippen molar-refractivity contribution >= 4 is 23.2 Å². The van der Waals surface area contributed by atoms with Gasteiger partial charge in [0.15, 0.2) is 0 Å². The molecule has 2 aliphatic rings. The first-order chi connectivity index (χ1) is 16.5. The zero-order valence-electron chi connectivity index (χ0n) is 19.0. The number of anilines is 1. The second-order valence-electron chi connectivity index (χ2n) is 8.99. The van der Waals surface area contributed by atoms with Crippen molar-refractivity contribution in [3.05, 3.63) is 47.0 Å². The van der Waals surface area contributed by atoms with E-state index >= 15 is 0 Å². The number of hydrogen-bond acceptors (Lipinski definition) is 6. The lowest BCUT2D eigenvalue weighted by molar-refractivity contribution is -0.170. The molecule has 1 amide bonds. The maximum absolute atomic E-state index is 12.8. The van der Waals surface area contributed by atoms with Gasteiger partial charge in [0.05, 0.1) is 5.69 Å². The zero-order chi connectivity index (χ0) is 25.4. The highest BCUT2D eigenvalue weighted by Crippen LogP contribution is 2.42. The monoisotopic (exact) mass is 514 g/mol. The Bertz CT molecular complexity index is 1090. The summed E-state index contributed by atoms with van der Waals surface area (Å²) >= 11 is 6.09. The third-order valence-electron chi connectivity index (χ3n) is 6.38. The largest absolute Gasteiger partial charge is 0.508 e. The van der Waals surface area contributed by atoms with Crippen molar-refractivity contribution in [2.45, 2.75) is 37.1 Å². The summed E-state index contributed by atoms with van der Waals surface area (Å²) in [5, 5.41) is 20.9. The molecule has 2 N–H and O–H groups in total. The summed E-state index contributed by atoms with van der Waals surface area (Å²) in [6.45, 7) is 1.45. The number of phenolic OH excluding ortho intramolecular Hbond substituents is 1. The second-order valence-corrected chi connectivity index (χ2v) is 9.43. The van der Waals surface area contributed by atoms with E-state index < -0.39 is 18.2 Å². The lowest BCUT2D eigenvalue weighted by Gasteiger charge is -2.39. The molecule has 0 saturated carbocycles. The molecule has 35 heavy (non-hydrogen) atoms. The van der Waals surface area contributed by atoms with Gasteiger partial charge in [-0.2, -0.15) is 13.2 Å². The van der Waals surface area contributed by atoms with Gasteiger partial charge in [-0.05, 0) is 35.9 Å². The lowest BCUT2D eigenvalue weighted by atomic mass is 9.87. The van der Waals surface area contributed by atoms with Crippen molar-refractivity contribution in [2.75, 3.05) is 38.2 Å². The smallest absolute Gasteiger partial charge is 0.471 e. The second kappa shape index (κ2) is 9.75. The Labute approximate surface area is 205 Å². The minimum atomic E-state index is -5.06. The first kappa shape index (κ1) is 25.4. The van der Waals surface area contributed by atoms with Crippen LogP contribution in [0.2, 0.25) is 5.02 Å². The van der Waals surface area contributed by atoms with Crippen LogP contribution in [0.15, 0.2) is 36.4 Å². The van der Waals surface area contributed by atoms with E-state index in [1.54, 1.807) is 6.07 Å². The topological polar surface area (TPSA) is 82.5 Å². The number of hydrogen-bond donors (Lipinski definition) is 2. The van der Waals surface area contributed by atoms with Crippen LogP contribution in [0.5, 0.6) is 17.2 Å². The minimum absolute atomic E-state index is 0.141. The molecule has 4 rings (SSSR count). The van der Waals surface area contributed by atoms with Crippen molar-refractivity contribution in [2.24, 2.45) is 0 Å². The Morgan fingerprint density at radius 3 is 2.66 bits per heavy atom. The number of carbonyl (C=O) groups is 1. The van der Waals surface area contributed by atoms with E-state index in [0.29, 0.717) is 29.6 Å². The first-order valence-corrected chi connectivity index (χ1v) is 11.5. The molecule has 2 aromatic rings. The maximum atomic E-state index is 12.8. The molecule has 1 atom stereocenters. The van der Waals surface area contributed by atoms with Crippen LogP contribution in [0.3, 0.4) is 0 Å². The molecule has 0 bridgehead atoms. The van der Waals surface area contributed by atoms with Crippen LogP contribution in [0.4, 0.5) is 18.9 Å². The van der Waals surface area contributed by atoms with Gasteiger partial charge >= 0.3 is 12.1 Å². The van der Waals surface area contributed by atoms with Gasteiger partial charge in [0.1, 0.15) is 35.6 Å². The third-order valence-corrected chi connectivity index (χ3v) is 6.62. The summed E-state index contributed by atoms with van der Waals surface area (Å²) in [4.78, 5) is 14.1. The van der Waals surface area contributed by atoms with E-state index in [0.717, 1.165) is 55.8 Å². The summed E-state index contributed by atoms with van der Waals surface area (Å²) in [6.07, 6.45) is -3.68. The highest BCUT2D eigenvalue weighted by molar-refractivity contribution is 6.30. The lowest BCUT2D eigenvalue weighted by Crippen LogP contribution is -2.49. The molecule has 0 radical (unpaired) electrons. The van der Waals surface area contributed by atoms with Gasteiger partial charge < -0.3 is 29.5 Å². The van der Waals surface area contributed by atoms with Gasteiger partial charge in [-0.25, -0.2) is 0 Å². The van der Waals surface area contributed by atoms with Crippen molar-refractivity contribution < 1.29 is 37.7 Å². The minimum Gasteiger partial charge on any atom is -0.508 e. The molecular formula is C24H26ClF3N2O5. The van der Waals surface area contributed by atoms with Crippen LogP contribution in [0.1, 0.15) is 18.4 Å². The molecule has 2 aliphatic heterocycles. The number of alkyl halides is 3. The van der Waals surface area contributed by atoms with Crippen LogP contribution in [0.25, 0.3) is 0 Å². The summed E-state index contributed by atoms with van der Waals surface area (Å²) < 4.78 is 50.2. The van der Waals surface area contributed by atoms with Gasteiger partial charge in [0.2, 0.25) is 0 Å². The molecule has 0 unspecified atom stereocenters. The van der Waals surface area contributed by atoms with E-state index in [-0.39, 0.29) is 29.4 Å². The number of aromatic hydroxyl groups is 1. The first-order valence-electron chi connectivity index (χ1n) is 11.1. The van der Waals surface area contributed by atoms with Gasteiger partial charge in [0.25, 0.3) is 0 Å². The summed E-state index contributed by atoms with van der Waals surface area (Å²) in [7, 11) is 0.965. The highest BCUT2D eigenvalue weighted by atomic mass is 35.5. The predicted octanol–water partition coefficient (Wildman–Crippen LogP) is 3.78. The standard InChI is InChI=1S/C24H26ClF3N2O5/c1-29(22(33)24(26,27)28)19-4-3-17(31)11-21(19)34-14-18(32)13-30-8-6-23(7-9-30)12-15-10-16(25)2-5-20(15)35-23/h2-5,10-11,18,31-32H,6-9,12-14H2,1H3/t18-/m1/s1. The van der Waals surface area contributed by atoms with Gasteiger partial charge in [-0.15, -0.1) is 0 Å². The van der Waals surface area contributed by atoms with E-state index in [1.807, 2.05) is 12.1 Å². The van der Waals surface area contributed by atoms with Crippen LogP contribution in [-0.4, -0.2) is 72.2 Å². The molecule has 2 heterocycles. The molecular weight excluding hydrogens is 489 g/mol. The molecule has 0 aliphatic carbocycles. The molecule has 1 fully saturated rings. The van der Waals surface area contributed by atoms with E-state index in [9.17, 15) is 28.2 Å². The molecule has 2 aromatic carbocycles. The molecule has 0 aromatic heterocycles. The van der Waals surface area contributed by atoms with Crippen LogP contribution >= 0.6 is 11.6 Å². The fourth-order valence-corrected chi connectivity index (χ4v) is 4.75. The van der Waals surface area contributed by atoms with Crippen molar-refractivity contribution in [1.82, 2.24) is 4.90 Å². The Hall–Kier alpha value is -2.69. The van der Waals surface area contributed by atoms with Crippen molar-refractivity contribution in [1.29, 1.82) is 0 Å². The number of aliphatic hydroxyl groups excluding tert-OH is 1. The third kappa shape index (κ3) is 5.76. The normalized spacial score (nSPS) is 18.1. The van der Waals surface area contributed by atoms with Crippen molar-refractivity contribution in [3.63, 3.8) is 0 Å². The number of nitrogens with zero attached hydrogens (tertiary/aromatic N) is 2. The average Bonchev–Trinajstić information content (AvgIpc) is 3.14. The van der Waals surface area contributed by atoms with Crippen LogP contribution in [-0.2, 0) is 11.2 Å². The number of piperidine rings is 1. The number of phenols is 1. The molecule has 7 nitrogen and oxygen atoms in total. The number of benzene rings is 2. The Kier molecular flexibility index (Phi) is 7.08. The molecule has 1 saturated heterocycles. The molecule has 190 valence electrons. The van der Waals surface area contributed by atoms with E-state index in [1.165, 1.54) is 0 Å². The Balaban J connectivity index is 1.31. The predicted molar refractivity (Wildman–Crippen MR) is 123 cm³/mol. The molecule has 1 spiro atoms. The zero-order valence-corrected chi connectivity index (χ0v) is 19.8. The number of β-amino-alcohol motifs (C(OH)–C–C–N with tert-alkyl or cyclic N) is 1. The number of aliphatic hydroxyl groups is 1. The van der Waals surface area contributed by atoms with Gasteiger partial charge in [0, 0.05) is 57.0 Å². The van der Waals surface area contributed by atoms with Gasteiger partial charge in [-0.1, -0.05) is 11.6 Å². The Morgan fingerprint density at radius 1 is 1.26 bits per heavy atom. The number of rotatable bonds is 6. The summed E-state index contributed by atoms with van der Waals surface area (Å²) in [6, 6.07) is 9.02. The number of carbonyl (C=O) groups excluding carboxylic acids is 1. The summed E-state index contributed by atoms with van der Waals surface area (Å²) in [5.41, 5.74) is 0.641. The number of halogens is 4. The number of amides is 1. The van der Waals surface area contributed by atoms with Crippen LogP contribution in [0, 0.1) is 0 Å². The van der Waals surface area contributed by atoms with Crippen molar-refractivity contribution in [3.8, 4) is 17.2 Å². The van der Waals surface area contributed by atoms with Crippen LogP contribution < -0.4 is 14.4 Å². The maximum Gasteiger partial charge on any atom is 0.471 e. The van der Waals surface area contributed by atoms with Gasteiger partial charge in [-0.3, -0.25) is 4.79 Å². The average molecular weight is 515 g/mol. The fourth-order valence-electron chi connectivity index (χ4n) is 4.56. The van der Waals surface area contributed by atoms with E-state index in [4.69, 9.17) is 21.1 Å². The summed E-state index contributed by atoms with van der Waals surface area (Å²) in [5.74, 6) is -1.61. The molecule has 11 heteroatoms. The quantitative estimate of drug-likeness (QED) is 0.610. The number of ether oxygens (including phenoxy) is 2. The van der Waals surface area contributed by atoms with E-state index in [2.05, 4.69) is 4.90 Å². The number of fused-ring (bicyclic) bond motifs is 1. The highest BCUT2D eigenvalue weighted by Gasteiger charge is 2.43.